The van der Waals surface area contributed by atoms with Gasteiger partial charge in [-0.15, -0.1) is 11.3 Å². The quantitative estimate of drug-likeness (QED) is 0.193. The summed E-state index contributed by atoms with van der Waals surface area (Å²) in [5, 5.41) is 19.5. The van der Waals surface area contributed by atoms with Crippen molar-refractivity contribution < 1.29 is 29.0 Å². The molecule has 2 aliphatic carbocycles. The van der Waals surface area contributed by atoms with Crippen LogP contribution in [-0.4, -0.2) is 45.6 Å². The molecule has 6 atom stereocenters. The number of nitrogens with zero attached hydrogens (tertiary/aromatic N) is 3. The van der Waals surface area contributed by atoms with Gasteiger partial charge in [0.05, 0.1) is 40.2 Å². The lowest BCUT2D eigenvalue weighted by Gasteiger charge is -2.49. The molecule has 13 heteroatoms. The summed E-state index contributed by atoms with van der Waals surface area (Å²) in [7, 11) is 3.11. The van der Waals surface area contributed by atoms with Crippen molar-refractivity contribution >= 4 is 74.1 Å². The highest BCUT2D eigenvalue weighted by Gasteiger charge is 2.67. The number of phenols is 1. The molecule has 2 saturated heterocycles. The molecule has 4 amide bonds. The van der Waals surface area contributed by atoms with Crippen LogP contribution < -0.4 is 15.0 Å². The van der Waals surface area contributed by atoms with Gasteiger partial charge < -0.3 is 9.84 Å². The fourth-order valence-electron chi connectivity index (χ4n) is 8.66. The zero-order valence-corrected chi connectivity index (χ0v) is 28.7. The number of rotatable bonds is 4. The number of amides is 4. The zero-order valence-electron chi connectivity index (χ0n) is 26.3. The van der Waals surface area contributed by atoms with Gasteiger partial charge >= 0.3 is 0 Å². The largest absolute Gasteiger partial charge is 0.503 e. The van der Waals surface area contributed by atoms with Crippen LogP contribution in [0.1, 0.15) is 36.8 Å². The number of hydrogen-bond donors (Lipinski definition) is 2. The number of aromatic nitrogens is 2. The number of methoxy groups -OCH3 is 1. The average Bonchev–Trinajstić information content (AvgIpc) is 3.73. The number of carbonyl (C=O) groups excluding carboxylic acids is 4. The molecule has 2 aliphatic heterocycles. The van der Waals surface area contributed by atoms with E-state index < -0.39 is 46.8 Å². The Bertz CT molecular complexity index is 2170. The van der Waals surface area contributed by atoms with E-state index in [9.17, 15) is 24.3 Å². The number of ether oxygens (including phenoxy) is 1. The topological polar surface area (TPSA) is 131 Å². The minimum atomic E-state index is -1.30. The molecule has 2 aromatic heterocycles. The molecule has 2 aromatic carbocycles. The van der Waals surface area contributed by atoms with Gasteiger partial charge in [-0.2, -0.15) is 5.10 Å². The van der Waals surface area contributed by atoms with Crippen LogP contribution in [0, 0.1) is 36.0 Å². The first-order valence-electron chi connectivity index (χ1n) is 15.6. The number of thiophene rings is 1. The third-order valence-corrected chi connectivity index (χ3v) is 12.8. The zero-order chi connectivity index (χ0) is 34.0. The molecule has 8 rings (SSSR count). The van der Waals surface area contributed by atoms with Gasteiger partial charge in [-0.3, -0.25) is 29.2 Å². The summed E-state index contributed by atoms with van der Waals surface area (Å²) in [6.07, 6.45) is 2.49. The van der Waals surface area contributed by atoms with Gasteiger partial charge in [-0.25, -0.2) is 4.90 Å². The Morgan fingerprint density at radius 1 is 1.08 bits per heavy atom. The maximum atomic E-state index is 14.9. The summed E-state index contributed by atoms with van der Waals surface area (Å²) < 4.78 is 8.02. The molecular weight excluding hydrogens is 675 g/mol. The molecule has 4 aromatic rings. The van der Waals surface area contributed by atoms with Gasteiger partial charge in [0.25, 0.3) is 0 Å². The Morgan fingerprint density at radius 2 is 1.85 bits per heavy atom. The van der Waals surface area contributed by atoms with Crippen molar-refractivity contribution in [2.75, 3.05) is 12.0 Å². The summed E-state index contributed by atoms with van der Waals surface area (Å²) in [5.41, 5.74) is 1.68. The van der Waals surface area contributed by atoms with Crippen molar-refractivity contribution in [1.82, 2.24) is 15.1 Å². The number of imide groups is 2. The first-order valence-corrected chi connectivity index (χ1v) is 17.1. The molecule has 1 saturated carbocycles. The van der Waals surface area contributed by atoms with E-state index in [1.807, 2.05) is 31.2 Å². The van der Waals surface area contributed by atoms with E-state index >= 15 is 0 Å². The molecule has 246 valence electrons. The van der Waals surface area contributed by atoms with Crippen molar-refractivity contribution in [3.63, 3.8) is 0 Å². The lowest BCUT2D eigenvalue weighted by Crippen LogP contribution is -2.48. The second-order valence-electron chi connectivity index (χ2n) is 13.3. The minimum Gasteiger partial charge on any atom is -0.503 e. The maximum absolute atomic E-state index is 14.9. The van der Waals surface area contributed by atoms with E-state index in [0.29, 0.717) is 28.5 Å². The van der Waals surface area contributed by atoms with Crippen molar-refractivity contribution in [2.45, 2.75) is 32.6 Å². The Morgan fingerprint density at radius 3 is 2.60 bits per heavy atom. The molecular formula is C35H30Cl2N4O6S. The number of phenolic OH excluding ortho intramolecular Hbond substituents is 1. The predicted octanol–water partition coefficient (Wildman–Crippen LogP) is 6.15. The number of carbonyl (C=O) groups is 4. The van der Waals surface area contributed by atoms with Gasteiger partial charge in [0.2, 0.25) is 23.6 Å². The number of nitrogens with one attached hydrogen (secondary N) is 1. The lowest BCUT2D eigenvalue weighted by molar-refractivity contribution is -0.131. The summed E-state index contributed by atoms with van der Waals surface area (Å²) in [5.74, 6) is -4.51. The van der Waals surface area contributed by atoms with Crippen LogP contribution in [0.4, 0.5) is 5.82 Å². The number of benzene rings is 2. The average molecular weight is 706 g/mol. The lowest BCUT2D eigenvalue weighted by atomic mass is 9.51. The SMILES string of the molecule is COc1cc([C@H]2C3=CC[C@@H]4C(=O)NC(=O)[C@@H]4[C@@H]3C[C@H]3C(=O)N(c4cc(-c5sc6ccc(Cl)cc6c5C)nn4C)C(=O)[C@@]23C)cc(Cl)c1O. The van der Waals surface area contributed by atoms with Crippen molar-refractivity contribution in [3.05, 3.63) is 69.2 Å². The number of anilines is 1. The predicted molar refractivity (Wildman–Crippen MR) is 181 cm³/mol. The van der Waals surface area contributed by atoms with Crippen LogP contribution in [0.5, 0.6) is 11.5 Å². The summed E-state index contributed by atoms with van der Waals surface area (Å²) in [6, 6.07) is 10.7. The van der Waals surface area contributed by atoms with E-state index in [1.165, 1.54) is 12.0 Å². The summed E-state index contributed by atoms with van der Waals surface area (Å²) >= 11 is 14.3. The van der Waals surface area contributed by atoms with Gasteiger partial charge in [-0.1, -0.05) is 34.9 Å². The van der Waals surface area contributed by atoms with Crippen LogP contribution in [0.2, 0.25) is 10.0 Å². The standard InChI is InChI=1S/C35H30Cl2N4O6S/c1-14-19-11-16(36)5-8-25(19)48-30(14)23-13-26(40(3)39-23)41-33(45)21-12-20-17(6-7-18-27(20)32(44)38-31(18)43)28(35(21,2)34(41)46)15-9-22(37)29(42)24(10-15)47-4/h5-6,8-11,13,18,20-21,27-28,42H,7,12H2,1-4H3,(H,38,43,44)/t18-,20+,21-,27-,28-,35+/m0/s1. The maximum Gasteiger partial charge on any atom is 0.242 e. The highest BCUT2D eigenvalue weighted by molar-refractivity contribution is 7.22. The van der Waals surface area contributed by atoms with Gasteiger partial charge in [-0.05, 0) is 79.5 Å². The number of fused-ring (bicyclic) bond motifs is 5. The molecule has 0 bridgehead atoms. The Balaban J connectivity index is 1.27. The molecule has 4 aliphatic rings. The fourth-order valence-corrected chi connectivity index (χ4v) is 10.2. The van der Waals surface area contributed by atoms with Crippen molar-refractivity contribution in [1.29, 1.82) is 0 Å². The number of allylic oxidation sites excluding steroid dienone is 2. The first-order chi connectivity index (χ1) is 22.8. The van der Waals surface area contributed by atoms with Gasteiger partial charge in [0, 0.05) is 28.8 Å². The van der Waals surface area contributed by atoms with Crippen LogP contribution in [0.3, 0.4) is 0 Å². The van der Waals surface area contributed by atoms with Crippen molar-refractivity contribution in [2.24, 2.45) is 36.1 Å². The molecule has 2 N–H and O–H groups in total. The highest BCUT2D eigenvalue weighted by atomic mass is 35.5. The van der Waals surface area contributed by atoms with Crippen LogP contribution in [0.25, 0.3) is 20.7 Å². The smallest absolute Gasteiger partial charge is 0.242 e. The Kier molecular flexibility index (Phi) is 6.90. The minimum absolute atomic E-state index is 0.0274. The van der Waals surface area contributed by atoms with E-state index in [0.717, 1.165) is 26.1 Å². The van der Waals surface area contributed by atoms with Gasteiger partial charge in [0.1, 0.15) is 11.5 Å². The third kappa shape index (κ3) is 4.13. The second kappa shape index (κ2) is 10.7. The van der Waals surface area contributed by atoms with Gasteiger partial charge in [0.15, 0.2) is 11.5 Å². The summed E-state index contributed by atoms with van der Waals surface area (Å²) in [4.78, 5) is 57.6. The number of aryl methyl sites for hydroxylation is 2. The number of halogens is 2. The molecule has 0 spiro atoms. The molecule has 0 unspecified atom stereocenters. The number of aromatic hydroxyl groups is 1. The molecule has 4 heterocycles. The fraction of sp³-hybridized carbons (Fsp3) is 0.343. The highest BCUT2D eigenvalue weighted by Crippen LogP contribution is 2.64. The third-order valence-electron chi connectivity index (χ3n) is 10.9. The normalized spacial score (nSPS) is 28.0. The molecule has 48 heavy (non-hydrogen) atoms. The second-order valence-corrected chi connectivity index (χ2v) is 15.2. The van der Waals surface area contributed by atoms with E-state index in [1.54, 1.807) is 48.2 Å². The van der Waals surface area contributed by atoms with E-state index in [4.69, 9.17) is 33.0 Å². The first kappa shape index (κ1) is 31.1. The number of hydrogen-bond acceptors (Lipinski definition) is 8. The Hall–Kier alpha value is -4.19. The molecule has 0 radical (unpaired) electrons. The summed E-state index contributed by atoms with van der Waals surface area (Å²) in [6.45, 7) is 3.78. The van der Waals surface area contributed by atoms with Crippen molar-refractivity contribution in [3.8, 4) is 22.1 Å². The molecule has 3 fully saturated rings. The Labute approximate surface area is 289 Å². The monoisotopic (exact) mass is 704 g/mol. The van der Waals surface area contributed by atoms with Crippen LogP contribution >= 0.6 is 34.5 Å². The van der Waals surface area contributed by atoms with Crippen LogP contribution in [-0.2, 0) is 26.2 Å². The van der Waals surface area contributed by atoms with Crippen LogP contribution in [0.15, 0.2) is 48.0 Å². The van der Waals surface area contributed by atoms with E-state index in [-0.39, 0.29) is 34.8 Å². The van der Waals surface area contributed by atoms with E-state index in [2.05, 4.69) is 5.32 Å². The molecule has 10 nitrogen and oxygen atoms in total.